The van der Waals surface area contributed by atoms with Crippen molar-refractivity contribution in [2.75, 3.05) is 6.54 Å². The summed E-state index contributed by atoms with van der Waals surface area (Å²) in [6, 6.07) is -0.461. The first-order valence-corrected chi connectivity index (χ1v) is 6.53. The number of carbonyl (C=O) groups is 1. The van der Waals surface area contributed by atoms with Gasteiger partial charge in [-0.05, 0) is 31.6 Å². The summed E-state index contributed by atoms with van der Waals surface area (Å²) in [5.41, 5.74) is 6.01. The van der Waals surface area contributed by atoms with Crippen molar-refractivity contribution in [2.24, 2.45) is 11.7 Å². The first-order chi connectivity index (χ1) is 8.11. The second kappa shape index (κ2) is 5.37. The lowest BCUT2D eigenvalue weighted by Crippen LogP contribution is -2.53. The third-order valence-electron chi connectivity index (χ3n) is 4.12. The molecular weight excluding hydrogens is 219 g/mol. The Morgan fingerprint density at radius 1 is 1.24 bits per heavy atom. The van der Waals surface area contributed by atoms with E-state index in [-0.39, 0.29) is 11.8 Å². The molecule has 0 radical (unpaired) electrons. The molecule has 6 heteroatoms. The first kappa shape index (κ1) is 12.9. The molecule has 0 aromatic rings. The van der Waals surface area contributed by atoms with Crippen molar-refractivity contribution < 1.29 is 14.8 Å². The molecule has 0 aromatic carbocycles. The molecular formula is C11H21BN2O3. The van der Waals surface area contributed by atoms with Gasteiger partial charge in [0.15, 0.2) is 0 Å². The Kier molecular flexibility index (Phi) is 4.07. The highest BCUT2D eigenvalue weighted by Crippen LogP contribution is 2.29. The van der Waals surface area contributed by atoms with E-state index in [9.17, 15) is 14.8 Å². The van der Waals surface area contributed by atoms with E-state index in [0.29, 0.717) is 13.0 Å². The molecule has 17 heavy (non-hydrogen) atoms. The quantitative estimate of drug-likeness (QED) is 0.581. The second-order valence-electron chi connectivity index (χ2n) is 5.23. The van der Waals surface area contributed by atoms with Crippen LogP contribution >= 0.6 is 0 Å². The maximum absolute atomic E-state index is 12.2. The lowest BCUT2D eigenvalue weighted by atomic mass is 9.77. The number of nitrogens with zero attached hydrogens (tertiary/aromatic N) is 1. The van der Waals surface area contributed by atoms with E-state index in [2.05, 4.69) is 0 Å². The van der Waals surface area contributed by atoms with Crippen LogP contribution in [0.25, 0.3) is 0 Å². The van der Waals surface area contributed by atoms with Crippen molar-refractivity contribution >= 4 is 13.0 Å². The maximum atomic E-state index is 12.2. The van der Waals surface area contributed by atoms with E-state index >= 15 is 0 Å². The van der Waals surface area contributed by atoms with Crippen LogP contribution in [0.4, 0.5) is 0 Å². The zero-order chi connectivity index (χ0) is 12.4. The fraction of sp³-hybridized carbons (Fsp3) is 0.909. The fourth-order valence-electron chi connectivity index (χ4n) is 3.09. The van der Waals surface area contributed by atoms with Gasteiger partial charge in [-0.3, -0.25) is 4.79 Å². The topological polar surface area (TPSA) is 86.8 Å². The number of hydrogen-bond donors (Lipinski definition) is 3. The van der Waals surface area contributed by atoms with Crippen molar-refractivity contribution in [3.8, 4) is 0 Å². The Hall–Kier alpha value is -0.585. The minimum atomic E-state index is -1.45. The monoisotopic (exact) mass is 240 g/mol. The van der Waals surface area contributed by atoms with E-state index in [1.165, 1.54) is 0 Å². The molecule has 0 unspecified atom stereocenters. The predicted molar refractivity (Wildman–Crippen MR) is 64.9 cm³/mol. The summed E-state index contributed by atoms with van der Waals surface area (Å²) in [6.45, 7) is 0.599. The minimum Gasteiger partial charge on any atom is -0.426 e. The highest BCUT2D eigenvalue weighted by atomic mass is 16.4. The molecule has 1 saturated carbocycles. The second-order valence-corrected chi connectivity index (χ2v) is 5.23. The summed E-state index contributed by atoms with van der Waals surface area (Å²) < 4.78 is 0. The molecule has 5 nitrogen and oxygen atoms in total. The molecule has 4 N–H and O–H groups in total. The van der Waals surface area contributed by atoms with E-state index in [1.807, 2.05) is 0 Å². The minimum absolute atomic E-state index is 0.104. The van der Waals surface area contributed by atoms with Gasteiger partial charge in [0.25, 0.3) is 0 Å². The van der Waals surface area contributed by atoms with Crippen molar-refractivity contribution in [3.63, 3.8) is 0 Å². The van der Waals surface area contributed by atoms with Crippen molar-refractivity contribution in [2.45, 2.75) is 50.5 Å². The zero-order valence-corrected chi connectivity index (χ0v) is 10.1. The van der Waals surface area contributed by atoms with Crippen LogP contribution in [0.2, 0.25) is 0 Å². The Morgan fingerprint density at radius 3 is 2.47 bits per heavy atom. The summed E-state index contributed by atoms with van der Waals surface area (Å²) in [7, 11) is -1.45. The molecule has 1 amide bonds. The zero-order valence-electron chi connectivity index (χ0n) is 10.1. The summed E-state index contributed by atoms with van der Waals surface area (Å²) in [5, 5.41) is 18.5. The van der Waals surface area contributed by atoms with Crippen molar-refractivity contribution in [3.05, 3.63) is 0 Å². The molecule has 2 rings (SSSR count). The van der Waals surface area contributed by atoms with Crippen LogP contribution in [0, 0.1) is 5.92 Å². The molecule has 2 aliphatic rings. The Morgan fingerprint density at radius 2 is 1.88 bits per heavy atom. The summed E-state index contributed by atoms with van der Waals surface area (Å²) in [6.07, 6.45) is 5.82. The summed E-state index contributed by atoms with van der Waals surface area (Å²) in [5.74, 6) is -0.290. The van der Waals surface area contributed by atoms with E-state index < -0.39 is 19.1 Å². The predicted octanol–water partition coefficient (Wildman–Crippen LogP) is -0.493. The number of nitrogens with two attached hydrogens (primary N) is 1. The molecule has 0 spiro atoms. The average Bonchev–Trinajstić information content (AvgIpc) is 2.97. The molecule has 0 aromatic heterocycles. The molecule has 1 aliphatic heterocycles. The average molecular weight is 240 g/mol. The van der Waals surface area contributed by atoms with Gasteiger partial charge in [-0.15, -0.1) is 0 Å². The normalized spacial score (nSPS) is 27.5. The summed E-state index contributed by atoms with van der Waals surface area (Å²) in [4.78, 5) is 13.8. The number of hydrogen-bond acceptors (Lipinski definition) is 4. The third kappa shape index (κ3) is 2.64. The maximum Gasteiger partial charge on any atom is 0.475 e. The van der Waals surface area contributed by atoms with Gasteiger partial charge in [0.2, 0.25) is 5.91 Å². The molecule has 2 atom stereocenters. The van der Waals surface area contributed by atoms with E-state index in [4.69, 9.17) is 5.73 Å². The number of rotatable bonds is 3. The standard InChI is InChI=1S/C11H21BN2O3/c13-10(8-4-1-2-5-8)11(15)14-7-3-6-9(14)12(16)17/h8-10,16-17H,1-7,13H2/t9-,10-/m0/s1. The number of carbonyl (C=O) groups excluding carboxylic acids is 1. The molecule has 96 valence electrons. The van der Waals surface area contributed by atoms with Gasteiger partial charge in [-0.2, -0.15) is 0 Å². The van der Waals surface area contributed by atoms with Crippen molar-refractivity contribution in [1.29, 1.82) is 0 Å². The molecule has 0 bridgehead atoms. The Labute approximate surface area is 102 Å². The van der Waals surface area contributed by atoms with Gasteiger partial charge < -0.3 is 20.7 Å². The lowest BCUT2D eigenvalue weighted by molar-refractivity contribution is -0.133. The Balaban J connectivity index is 1.98. The molecule has 2 fully saturated rings. The highest BCUT2D eigenvalue weighted by Gasteiger charge is 2.40. The number of amides is 1. The first-order valence-electron chi connectivity index (χ1n) is 6.53. The van der Waals surface area contributed by atoms with E-state index in [0.717, 1.165) is 32.1 Å². The van der Waals surface area contributed by atoms with Crippen LogP contribution in [0.5, 0.6) is 0 Å². The number of likely N-dealkylation sites (tertiary alicyclic amines) is 1. The van der Waals surface area contributed by atoms with Gasteiger partial charge in [0.1, 0.15) is 0 Å². The fourth-order valence-corrected chi connectivity index (χ4v) is 3.09. The van der Waals surface area contributed by atoms with Crippen LogP contribution in [-0.4, -0.2) is 46.5 Å². The molecule has 1 saturated heterocycles. The van der Waals surface area contributed by atoms with Gasteiger partial charge in [0, 0.05) is 6.54 Å². The smallest absolute Gasteiger partial charge is 0.426 e. The SMILES string of the molecule is N[C@H](C(=O)N1CCC[C@H]1B(O)O)C1CCCC1. The van der Waals surface area contributed by atoms with Gasteiger partial charge in [-0.25, -0.2) is 0 Å². The third-order valence-corrected chi connectivity index (χ3v) is 4.12. The van der Waals surface area contributed by atoms with Crippen LogP contribution in [0.1, 0.15) is 38.5 Å². The van der Waals surface area contributed by atoms with Gasteiger partial charge in [0.05, 0.1) is 12.0 Å². The largest absolute Gasteiger partial charge is 0.475 e. The van der Waals surface area contributed by atoms with Gasteiger partial charge in [-0.1, -0.05) is 12.8 Å². The van der Waals surface area contributed by atoms with E-state index in [1.54, 1.807) is 4.90 Å². The van der Waals surface area contributed by atoms with Crippen LogP contribution < -0.4 is 5.73 Å². The van der Waals surface area contributed by atoms with Crippen LogP contribution in [0.15, 0.2) is 0 Å². The van der Waals surface area contributed by atoms with Crippen LogP contribution in [-0.2, 0) is 4.79 Å². The summed E-state index contributed by atoms with van der Waals surface area (Å²) >= 11 is 0. The van der Waals surface area contributed by atoms with Crippen LogP contribution in [0.3, 0.4) is 0 Å². The van der Waals surface area contributed by atoms with Crippen molar-refractivity contribution in [1.82, 2.24) is 4.90 Å². The molecule has 1 aliphatic carbocycles. The van der Waals surface area contributed by atoms with Gasteiger partial charge >= 0.3 is 7.12 Å². The highest BCUT2D eigenvalue weighted by molar-refractivity contribution is 6.43. The Bertz CT molecular complexity index is 282. The lowest BCUT2D eigenvalue weighted by Gasteiger charge is -2.29. The molecule has 1 heterocycles.